The Bertz CT molecular complexity index is 179. The number of ether oxygens (including phenoxy) is 1. The van der Waals surface area contributed by atoms with Crippen molar-refractivity contribution in [1.82, 2.24) is 0 Å². The first-order valence-electron chi connectivity index (χ1n) is 4.46. The molecule has 1 N–H and O–H groups in total. The highest BCUT2D eigenvalue weighted by atomic mass is 16.5. The van der Waals surface area contributed by atoms with Crippen LogP contribution in [-0.4, -0.2) is 23.8 Å². The van der Waals surface area contributed by atoms with Crippen molar-refractivity contribution in [1.29, 1.82) is 0 Å². The average Bonchev–Trinajstić information content (AvgIpc) is 2.34. The molecular weight excluding hydrogens is 156 g/mol. The molecule has 0 spiro atoms. The molecular formula is C9H16O3. The van der Waals surface area contributed by atoms with Crippen molar-refractivity contribution < 1.29 is 14.6 Å². The monoisotopic (exact) mass is 172 g/mol. The zero-order valence-corrected chi connectivity index (χ0v) is 7.67. The molecule has 0 aromatic carbocycles. The summed E-state index contributed by atoms with van der Waals surface area (Å²) in [6.07, 6.45) is 1.67. The second-order valence-electron chi connectivity index (χ2n) is 3.61. The number of hydrogen-bond acceptors (Lipinski definition) is 3. The second kappa shape index (κ2) is 3.44. The maximum atomic E-state index is 11.2. The van der Waals surface area contributed by atoms with E-state index in [1.54, 1.807) is 6.92 Å². The molecule has 0 aromatic rings. The molecule has 0 aliphatic carbocycles. The SMILES string of the molecule is CCC[C@@H](O)[C@@]1(C)CCOC1=O. The van der Waals surface area contributed by atoms with Crippen LogP contribution in [0.4, 0.5) is 0 Å². The van der Waals surface area contributed by atoms with E-state index in [1.165, 1.54) is 0 Å². The third-order valence-electron chi connectivity index (χ3n) is 2.62. The molecule has 70 valence electrons. The molecule has 0 unspecified atom stereocenters. The number of carbonyl (C=O) groups excluding carboxylic acids is 1. The summed E-state index contributed by atoms with van der Waals surface area (Å²) in [7, 11) is 0. The van der Waals surface area contributed by atoms with Gasteiger partial charge in [0.15, 0.2) is 0 Å². The van der Waals surface area contributed by atoms with E-state index in [-0.39, 0.29) is 5.97 Å². The minimum atomic E-state index is -0.643. The van der Waals surface area contributed by atoms with Crippen molar-refractivity contribution >= 4 is 5.97 Å². The molecule has 3 heteroatoms. The molecule has 12 heavy (non-hydrogen) atoms. The number of aliphatic hydroxyl groups is 1. The predicted molar refractivity (Wildman–Crippen MR) is 44.6 cm³/mol. The minimum absolute atomic E-state index is 0.247. The number of cyclic esters (lactones) is 1. The lowest BCUT2D eigenvalue weighted by atomic mass is 9.81. The molecule has 1 rings (SSSR count). The minimum Gasteiger partial charge on any atom is -0.465 e. The second-order valence-corrected chi connectivity index (χ2v) is 3.61. The van der Waals surface area contributed by atoms with Crippen LogP contribution in [0.15, 0.2) is 0 Å². The van der Waals surface area contributed by atoms with Gasteiger partial charge in [-0.3, -0.25) is 4.79 Å². The van der Waals surface area contributed by atoms with E-state index in [4.69, 9.17) is 4.74 Å². The first-order chi connectivity index (χ1) is 5.61. The Morgan fingerprint density at radius 1 is 1.75 bits per heavy atom. The third-order valence-corrected chi connectivity index (χ3v) is 2.62. The Morgan fingerprint density at radius 2 is 2.42 bits per heavy atom. The van der Waals surface area contributed by atoms with Gasteiger partial charge in [0, 0.05) is 0 Å². The van der Waals surface area contributed by atoms with Crippen LogP contribution in [0.3, 0.4) is 0 Å². The largest absolute Gasteiger partial charge is 0.465 e. The first-order valence-corrected chi connectivity index (χ1v) is 4.46. The number of hydrogen-bond donors (Lipinski definition) is 1. The lowest BCUT2D eigenvalue weighted by Crippen LogP contribution is -2.36. The van der Waals surface area contributed by atoms with Crippen LogP contribution in [0, 0.1) is 5.41 Å². The fourth-order valence-corrected chi connectivity index (χ4v) is 1.52. The Balaban J connectivity index is 2.63. The van der Waals surface area contributed by atoms with Crippen molar-refractivity contribution in [2.75, 3.05) is 6.61 Å². The fourth-order valence-electron chi connectivity index (χ4n) is 1.52. The van der Waals surface area contributed by atoms with E-state index in [1.807, 2.05) is 6.92 Å². The van der Waals surface area contributed by atoms with Gasteiger partial charge in [-0.1, -0.05) is 13.3 Å². The van der Waals surface area contributed by atoms with Gasteiger partial charge in [-0.05, 0) is 19.8 Å². The van der Waals surface area contributed by atoms with E-state index < -0.39 is 11.5 Å². The number of carbonyl (C=O) groups is 1. The predicted octanol–water partition coefficient (Wildman–Crippen LogP) is 1.10. The smallest absolute Gasteiger partial charge is 0.314 e. The van der Waals surface area contributed by atoms with Gasteiger partial charge in [-0.25, -0.2) is 0 Å². The molecule has 1 fully saturated rings. The van der Waals surface area contributed by atoms with E-state index in [0.717, 1.165) is 6.42 Å². The quantitative estimate of drug-likeness (QED) is 0.648. The van der Waals surface area contributed by atoms with Crippen LogP contribution in [0.1, 0.15) is 33.1 Å². The van der Waals surface area contributed by atoms with Gasteiger partial charge < -0.3 is 9.84 Å². The summed E-state index contributed by atoms with van der Waals surface area (Å²) in [5, 5.41) is 9.68. The maximum absolute atomic E-state index is 11.2. The zero-order chi connectivity index (χ0) is 9.19. The molecule has 1 saturated heterocycles. The molecule has 1 heterocycles. The summed E-state index contributed by atoms with van der Waals surface area (Å²) in [5.74, 6) is -0.247. The number of aliphatic hydroxyl groups excluding tert-OH is 1. The summed E-state index contributed by atoms with van der Waals surface area (Å²) in [5.41, 5.74) is -0.643. The lowest BCUT2D eigenvalue weighted by molar-refractivity contribution is -0.150. The van der Waals surface area contributed by atoms with Gasteiger partial charge in [0.05, 0.1) is 18.1 Å². The van der Waals surface area contributed by atoms with Gasteiger partial charge in [0.2, 0.25) is 0 Å². The fraction of sp³-hybridized carbons (Fsp3) is 0.889. The van der Waals surface area contributed by atoms with Crippen molar-refractivity contribution in [2.45, 2.75) is 39.2 Å². The van der Waals surface area contributed by atoms with Crippen molar-refractivity contribution in [3.05, 3.63) is 0 Å². The Labute approximate surface area is 72.7 Å². The average molecular weight is 172 g/mol. The molecule has 0 bridgehead atoms. The van der Waals surface area contributed by atoms with Crippen LogP contribution in [-0.2, 0) is 9.53 Å². The van der Waals surface area contributed by atoms with Gasteiger partial charge >= 0.3 is 5.97 Å². The molecule has 0 radical (unpaired) electrons. The lowest BCUT2D eigenvalue weighted by Gasteiger charge is -2.25. The van der Waals surface area contributed by atoms with Gasteiger partial charge in [0.1, 0.15) is 0 Å². The van der Waals surface area contributed by atoms with Crippen LogP contribution < -0.4 is 0 Å². The van der Waals surface area contributed by atoms with Crippen LogP contribution in [0.2, 0.25) is 0 Å². The molecule has 0 saturated carbocycles. The van der Waals surface area contributed by atoms with Crippen molar-refractivity contribution in [3.8, 4) is 0 Å². The van der Waals surface area contributed by atoms with Crippen LogP contribution in [0.5, 0.6) is 0 Å². The number of esters is 1. The first kappa shape index (κ1) is 9.52. The molecule has 3 nitrogen and oxygen atoms in total. The Hall–Kier alpha value is -0.570. The van der Waals surface area contributed by atoms with E-state index in [9.17, 15) is 9.90 Å². The maximum Gasteiger partial charge on any atom is 0.314 e. The number of rotatable bonds is 3. The van der Waals surface area contributed by atoms with E-state index in [0.29, 0.717) is 19.4 Å². The normalized spacial score (nSPS) is 31.8. The van der Waals surface area contributed by atoms with Gasteiger partial charge in [0.25, 0.3) is 0 Å². The van der Waals surface area contributed by atoms with Gasteiger partial charge in [-0.15, -0.1) is 0 Å². The molecule has 1 aliphatic rings. The van der Waals surface area contributed by atoms with Gasteiger partial charge in [-0.2, -0.15) is 0 Å². The Kier molecular flexibility index (Phi) is 2.73. The summed E-state index contributed by atoms with van der Waals surface area (Å²) in [4.78, 5) is 11.2. The zero-order valence-electron chi connectivity index (χ0n) is 7.67. The summed E-state index contributed by atoms with van der Waals surface area (Å²) >= 11 is 0. The van der Waals surface area contributed by atoms with Crippen LogP contribution >= 0.6 is 0 Å². The highest BCUT2D eigenvalue weighted by Gasteiger charge is 2.45. The summed E-state index contributed by atoms with van der Waals surface area (Å²) < 4.78 is 4.84. The highest BCUT2D eigenvalue weighted by Crippen LogP contribution is 2.34. The molecule has 2 atom stereocenters. The third kappa shape index (κ3) is 1.46. The molecule has 0 amide bonds. The highest BCUT2D eigenvalue weighted by molar-refractivity contribution is 5.78. The molecule has 0 aromatic heterocycles. The summed E-state index contributed by atoms with van der Waals surface area (Å²) in [6, 6.07) is 0. The Morgan fingerprint density at radius 3 is 2.83 bits per heavy atom. The van der Waals surface area contributed by atoms with Crippen molar-refractivity contribution in [3.63, 3.8) is 0 Å². The van der Waals surface area contributed by atoms with Crippen molar-refractivity contribution in [2.24, 2.45) is 5.41 Å². The standard InChI is InChI=1S/C9H16O3/c1-3-4-7(10)9(2)5-6-12-8(9)11/h7,10H,3-6H2,1-2H3/t7-,9-/m1/s1. The topological polar surface area (TPSA) is 46.5 Å². The summed E-state index contributed by atoms with van der Waals surface area (Å²) in [6.45, 7) is 4.23. The molecule has 1 aliphatic heterocycles. The van der Waals surface area contributed by atoms with E-state index >= 15 is 0 Å². The van der Waals surface area contributed by atoms with E-state index in [2.05, 4.69) is 0 Å². The van der Waals surface area contributed by atoms with Crippen LogP contribution in [0.25, 0.3) is 0 Å².